The molecule has 0 heterocycles. The molecule has 10 nitrogen and oxygen atoms in total. The van der Waals surface area contributed by atoms with Crippen molar-refractivity contribution in [1.29, 1.82) is 0 Å². The predicted octanol–water partition coefficient (Wildman–Crippen LogP) is 9.12. The Kier molecular flexibility index (Phi) is 28.6. The van der Waals surface area contributed by atoms with Gasteiger partial charge in [0.25, 0.3) is 0 Å². The molecule has 0 bridgehead atoms. The van der Waals surface area contributed by atoms with Crippen molar-refractivity contribution >= 4 is 6.09 Å². The van der Waals surface area contributed by atoms with Crippen LogP contribution in [0, 0.1) is 0 Å². The molecule has 0 aliphatic heterocycles. The summed E-state index contributed by atoms with van der Waals surface area (Å²) in [7, 11) is 0. The van der Waals surface area contributed by atoms with E-state index in [9.17, 15) is 4.79 Å². The number of amides is 1. The lowest BCUT2D eigenvalue weighted by Crippen LogP contribution is -2.27. The Balaban J connectivity index is 0.941. The molecule has 1 aliphatic rings. The van der Waals surface area contributed by atoms with Gasteiger partial charge >= 0.3 is 6.09 Å². The molecule has 1 amide bonds. The maximum absolute atomic E-state index is 12.3. The number of hydrogen-bond donors (Lipinski definition) is 1. The smallest absolute Gasteiger partial charge is 0.407 e. The van der Waals surface area contributed by atoms with Crippen LogP contribution in [0.1, 0.15) is 114 Å². The van der Waals surface area contributed by atoms with E-state index in [0.717, 1.165) is 13.0 Å². The van der Waals surface area contributed by atoms with Crippen LogP contribution in [0.25, 0.3) is 11.1 Å². The Hall–Kier alpha value is -2.57. The van der Waals surface area contributed by atoms with Gasteiger partial charge in [0.2, 0.25) is 0 Å². The molecule has 1 N–H and O–H groups in total. The van der Waals surface area contributed by atoms with Crippen molar-refractivity contribution in [2.75, 3.05) is 106 Å². The molecule has 3 rings (SSSR count). The van der Waals surface area contributed by atoms with E-state index in [4.69, 9.17) is 37.9 Å². The van der Waals surface area contributed by atoms with Gasteiger partial charge in [-0.15, -0.1) is 0 Å². The second-order valence-electron chi connectivity index (χ2n) is 14.1. The number of carbonyl (C=O) groups is 1. The zero-order chi connectivity index (χ0) is 38.7. The molecular formula is C45H73NO9. The standard InChI is InChI=1S/C45H73NO9/c1-2-3-4-5-6-7-8-9-10-11-12-13-18-25-48-27-29-50-31-33-52-35-37-54-38-36-53-34-32-51-30-28-49-26-19-24-46-45(47)55-39-44-42-22-16-14-20-40(42)41-21-15-17-23-43(41)44/h14-17,20-23,44H,2-13,18-19,24-39H2,1H3,(H,46,47). The Morgan fingerprint density at radius 2 is 0.800 bits per heavy atom. The minimum atomic E-state index is -0.406. The summed E-state index contributed by atoms with van der Waals surface area (Å²) >= 11 is 0. The van der Waals surface area contributed by atoms with Crippen molar-refractivity contribution in [3.63, 3.8) is 0 Å². The second kappa shape index (κ2) is 33.6. The van der Waals surface area contributed by atoms with Crippen LogP contribution in [0.4, 0.5) is 4.79 Å². The lowest BCUT2D eigenvalue weighted by Gasteiger charge is -2.14. The minimum Gasteiger partial charge on any atom is -0.449 e. The van der Waals surface area contributed by atoms with Gasteiger partial charge in [0.1, 0.15) is 6.61 Å². The van der Waals surface area contributed by atoms with Crippen molar-refractivity contribution in [3.05, 3.63) is 59.7 Å². The first kappa shape index (κ1) is 46.8. The molecule has 10 heteroatoms. The van der Waals surface area contributed by atoms with E-state index in [2.05, 4.69) is 36.5 Å². The maximum atomic E-state index is 12.3. The van der Waals surface area contributed by atoms with E-state index in [1.165, 1.54) is 99.3 Å². The summed E-state index contributed by atoms with van der Waals surface area (Å²) in [6.45, 7) is 10.9. The lowest BCUT2D eigenvalue weighted by molar-refractivity contribution is -0.0206. The van der Waals surface area contributed by atoms with Gasteiger partial charge in [-0.2, -0.15) is 0 Å². The third kappa shape index (κ3) is 22.7. The quantitative estimate of drug-likeness (QED) is 0.0670. The van der Waals surface area contributed by atoms with Gasteiger partial charge in [-0.05, 0) is 35.1 Å². The van der Waals surface area contributed by atoms with Crippen molar-refractivity contribution in [1.82, 2.24) is 5.32 Å². The number of ether oxygens (including phenoxy) is 8. The van der Waals surface area contributed by atoms with Crippen LogP contribution in [0.15, 0.2) is 48.5 Å². The van der Waals surface area contributed by atoms with Gasteiger partial charge in [0.05, 0.1) is 79.3 Å². The molecule has 0 unspecified atom stereocenters. The summed E-state index contributed by atoms with van der Waals surface area (Å²) in [5, 5.41) is 2.82. The van der Waals surface area contributed by atoms with Crippen molar-refractivity contribution in [2.45, 2.75) is 103 Å². The van der Waals surface area contributed by atoms with Crippen LogP contribution in [-0.4, -0.2) is 112 Å². The second-order valence-corrected chi connectivity index (χ2v) is 14.1. The predicted molar refractivity (Wildman–Crippen MR) is 219 cm³/mol. The molecule has 2 aromatic rings. The van der Waals surface area contributed by atoms with Crippen molar-refractivity contribution < 1.29 is 42.7 Å². The van der Waals surface area contributed by atoms with Crippen molar-refractivity contribution in [3.8, 4) is 11.1 Å². The summed E-state index contributed by atoms with van der Waals surface area (Å²) in [4.78, 5) is 12.3. The van der Waals surface area contributed by atoms with E-state index < -0.39 is 6.09 Å². The Morgan fingerprint density at radius 3 is 1.22 bits per heavy atom. The molecular weight excluding hydrogens is 698 g/mol. The van der Waals surface area contributed by atoms with Crippen LogP contribution >= 0.6 is 0 Å². The number of unbranched alkanes of at least 4 members (excludes halogenated alkanes) is 12. The van der Waals surface area contributed by atoms with E-state index in [1.54, 1.807) is 0 Å². The van der Waals surface area contributed by atoms with Gasteiger partial charge in [0, 0.05) is 25.7 Å². The molecule has 312 valence electrons. The highest BCUT2D eigenvalue weighted by Gasteiger charge is 2.28. The molecule has 0 saturated heterocycles. The Morgan fingerprint density at radius 1 is 0.455 bits per heavy atom. The average Bonchev–Trinajstić information content (AvgIpc) is 3.53. The van der Waals surface area contributed by atoms with Crippen LogP contribution in [0.5, 0.6) is 0 Å². The molecule has 0 spiro atoms. The molecule has 1 aliphatic carbocycles. The van der Waals surface area contributed by atoms with Gasteiger partial charge < -0.3 is 43.2 Å². The maximum Gasteiger partial charge on any atom is 0.407 e. The number of carbonyl (C=O) groups excluding carboxylic acids is 1. The fraction of sp³-hybridized carbons (Fsp3) is 0.711. The summed E-state index contributed by atoms with van der Waals surface area (Å²) < 4.78 is 44.6. The molecule has 0 saturated carbocycles. The Bertz CT molecular complexity index is 1150. The SMILES string of the molecule is CCCCCCCCCCCCCCCOCCOCCOCCOCCOCCOCCOCCCNC(=O)OCC1c2ccccc2-c2ccccc21. The molecule has 0 aromatic heterocycles. The zero-order valence-electron chi connectivity index (χ0n) is 34.1. The fourth-order valence-electron chi connectivity index (χ4n) is 6.66. The fourth-order valence-corrected chi connectivity index (χ4v) is 6.66. The molecule has 0 fully saturated rings. The summed E-state index contributed by atoms with van der Waals surface area (Å²) in [6, 6.07) is 16.6. The Labute approximate surface area is 332 Å². The highest BCUT2D eigenvalue weighted by molar-refractivity contribution is 5.79. The van der Waals surface area contributed by atoms with Gasteiger partial charge in [-0.1, -0.05) is 133 Å². The van der Waals surface area contributed by atoms with Crippen LogP contribution < -0.4 is 5.32 Å². The first-order chi connectivity index (χ1) is 27.3. The number of rotatable bonds is 38. The van der Waals surface area contributed by atoms with E-state index in [1.807, 2.05) is 24.3 Å². The normalized spacial score (nSPS) is 12.2. The minimum absolute atomic E-state index is 0.0569. The van der Waals surface area contributed by atoms with Crippen LogP contribution in [0.2, 0.25) is 0 Å². The van der Waals surface area contributed by atoms with Crippen LogP contribution in [-0.2, 0) is 37.9 Å². The summed E-state index contributed by atoms with van der Waals surface area (Å²) in [5.41, 5.74) is 4.84. The highest BCUT2D eigenvalue weighted by Crippen LogP contribution is 2.44. The van der Waals surface area contributed by atoms with E-state index in [0.29, 0.717) is 105 Å². The number of hydrogen-bond acceptors (Lipinski definition) is 9. The monoisotopic (exact) mass is 772 g/mol. The van der Waals surface area contributed by atoms with E-state index >= 15 is 0 Å². The first-order valence-electron chi connectivity index (χ1n) is 21.4. The van der Waals surface area contributed by atoms with Gasteiger partial charge in [-0.3, -0.25) is 0 Å². The summed E-state index contributed by atoms with van der Waals surface area (Å²) in [5.74, 6) is 0.0569. The van der Waals surface area contributed by atoms with Crippen LogP contribution in [0.3, 0.4) is 0 Å². The van der Waals surface area contributed by atoms with Crippen molar-refractivity contribution in [2.24, 2.45) is 0 Å². The molecule has 55 heavy (non-hydrogen) atoms. The zero-order valence-corrected chi connectivity index (χ0v) is 34.1. The van der Waals surface area contributed by atoms with Gasteiger partial charge in [-0.25, -0.2) is 4.79 Å². The first-order valence-corrected chi connectivity index (χ1v) is 21.4. The molecule has 0 radical (unpaired) electrons. The molecule has 0 atom stereocenters. The number of alkyl carbamates (subject to hydrolysis) is 1. The number of fused-ring (bicyclic) bond motifs is 3. The van der Waals surface area contributed by atoms with E-state index in [-0.39, 0.29) is 5.92 Å². The third-order valence-corrected chi connectivity index (χ3v) is 9.70. The summed E-state index contributed by atoms with van der Waals surface area (Å²) in [6.07, 6.45) is 18.0. The number of benzene rings is 2. The topological polar surface area (TPSA) is 103 Å². The van der Waals surface area contributed by atoms with Gasteiger partial charge in [0.15, 0.2) is 0 Å². The molecule has 2 aromatic carbocycles. The highest BCUT2D eigenvalue weighted by atomic mass is 16.6. The largest absolute Gasteiger partial charge is 0.449 e. The third-order valence-electron chi connectivity index (χ3n) is 9.70. The number of nitrogens with one attached hydrogen (secondary N) is 1. The lowest BCUT2D eigenvalue weighted by atomic mass is 9.98. The average molecular weight is 772 g/mol.